The number of fused-ring (bicyclic) bond motifs is 1. The zero-order valence-corrected chi connectivity index (χ0v) is 15.2. The van der Waals surface area contributed by atoms with Crippen LogP contribution in [0.15, 0.2) is 48.5 Å². The van der Waals surface area contributed by atoms with Crippen LogP contribution < -0.4 is 9.80 Å². The minimum atomic E-state index is -3.21. The van der Waals surface area contributed by atoms with Crippen molar-refractivity contribution < 1.29 is 13.2 Å². The third-order valence-corrected chi connectivity index (χ3v) is 6.78. The van der Waals surface area contributed by atoms with Crippen molar-refractivity contribution in [3.63, 3.8) is 0 Å². The molecule has 0 N–H and O–H groups in total. The smallest absolute Gasteiger partial charge is 0.288 e. The van der Waals surface area contributed by atoms with E-state index in [-0.39, 0.29) is 17.5 Å². The molecule has 2 aromatic rings. The number of hydrogen-bond acceptors (Lipinski definition) is 3. The molecule has 2 saturated heterocycles. The molecule has 0 radical (unpaired) electrons. The Morgan fingerprint density at radius 1 is 1.00 bits per heavy atom. The van der Waals surface area contributed by atoms with Crippen molar-refractivity contribution in [3.8, 4) is 0 Å². The third-order valence-electron chi connectivity index (χ3n) is 4.76. The second kappa shape index (κ2) is 5.75. The molecule has 2 aliphatic heterocycles. The molecular weight excluding hydrogens is 360 g/mol. The van der Waals surface area contributed by atoms with Gasteiger partial charge in [-0.15, -0.1) is 0 Å². The van der Waals surface area contributed by atoms with Crippen molar-refractivity contribution in [2.45, 2.75) is 19.0 Å². The number of carbonyl (C=O) groups excluding carboxylic acids is 1. The quantitative estimate of drug-likeness (QED) is 0.756. The first kappa shape index (κ1) is 16.4. The van der Waals surface area contributed by atoms with Gasteiger partial charge in [0.1, 0.15) is 0 Å². The molecule has 7 heteroatoms. The molecule has 2 atom stereocenters. The van der Waals surface area contributed by atoms with E-state index in [4.69, 9.17) is 11.6 Å². The van der Waals surface area contributed by atoms with Crippen LogP contribution in [0.3, 0.4) is 0 Å². The molecule has 0 saturated carbocycles. The number of hydrogen-bond donors (Lipinski definition) is 0. The zero-order valence-electron chi connectivity index (χ0n) is 13.6. The number of urea groups is 1. The van der Waals surface area contributed by atoms with Gasteiger partial charge in [-0.3, -0.25) is 9.80 Å². The molecule has 2 aromatic carbocycles. The fraction of sp³-hybridized carbons (Fsp3) is 0.278. The molecule has 0 aromatic heterocycles. The molecule has 2 aliphatic rings. The van der Waals surface area contributed by atoms with Crippen LogP contribution in [0.5, 0.6) is 0 Å². The van der Waals surface area contributed by atoms with E-state index < -0.39 is 21.9 Å². The van der Waals surface area contributed by atoms with Crippen molar-refractivity contribution in [3.05, 3.63) is 59.1 Å². The maximum absolute atomic E-state index is 13.2. The number of aryl methyl sites for hydroxylation is 1. The lowest BCUT2D eigenvalue weighted by atomic mass is 10.1. The highest BCUT2D eigenvalue weighted by molar-refractivity contribution is 7.91. The number of amides is 2. The van der Waals surface area contributed by atoms with E-state index in [0.717, 1.165) is 5.56 Å². The number of rotatable bonds is 2. The molecule has 0 unspecified atom stereocenters. The number of benzene rings is 2. The Bertz CT molecular complexity index is 960. The van der Waals surface area contributed by atoms with Crippen LogP contribution in [-0.4, -0.2) is 38.0 Å². The van der Waals surface area contributed by atoms with Crippen LogP contribution in [0.1, 0.15) is 5.56 Å². The molecule has 2 amide bonds. The SMILES string of the molecule is Cc1cccc(N2C(=O)N(c3ccccc3Cl)[C@H]3CS(=O)(=O)C[C@@H]32)c1. The number of anilines is 2. The number of nitrogens with zero attached hydrogens (tertiary/aromatic N) is 2. The summed E-state index contributed by atoms with van der Waals surface area (Å²) in [7, 11) is -3.21. The Labute approximate surface area is 151 Å². The average molecular weight is 377 g/mol. The topological polar surface area (TPSA) is 57.7 Å². The van der Waals surface area contributed by atoms with Crippen molar-refractivity contribution >= 4 is 38.8 Å². The molecule has 4 rings (SSSR count). The first-order chi connectivity index (χ1) is 11.9. The summed E-state index contributed by atoms with van der Waals surface area (Å²) in [6, 6.07) is 13.5. The maximum atomic E-state index is 13.2. The summed E-state index contributed by atoms with van der Waals surface area (Å²) in [6.07, 6.45) is 0. The Morgan fingerprint density at radius 2 is 1.68 bits per heavy atom. The standard InChI is InChI=1S/C18H17ClN2O3S/c1-12-5-4-6-13(9-12)20-16-10-25(23,24)11-17(16)21(18(20)22)15-8-3-2-7-14(15)19/h2-9,16-17H,10-11H2,1H3/t16-,17-/m0/s1. The predicted molar refractivity (Wildman–Crippen MR) is 99.2 cm³/mol. The minimum absolute atomic E-state index is 0.0295. The lowest BCUT2D eigenvalue weighted by Gasteiger charge is -2.23. The Balaban J connectivity index is 1.84. The average Bonchev–Trinajstić information content (AvgIpc) is 2.97. The summed E-state index contributed by atoms with van der Waals surface area (Å²) in [6.45, 7) is 1.94. The van der Waals surface area contributed by atoms with Gasteiger partial charge in [-0.05, 0) is 36.8 Å². The van der Waals surface area contributed by atoms with Gasteiger partial charge in [-0.1, -0.05) is 35.9 Å². The first-order valence-corrected chi connectivity index (χ1v) is 10.2. The third kappa shape index (κ3) is 2.69. The summed E-state index contributed by atoms with van der Waals surface area (Å²) in [5.41, 5.74) is 2.28. The van der Waals surface area contributed by atoms with Crippen LogP contribution in [0.25, 0.3) is 0 Å². The number of halogens is 1. The van der Waals surface area contributed by atoms with Gasteiger partial charge in [0.05, 0.1) is 34.3 Å². The predicted octanol–water partition coefficient (Wildman–Crippen LogP) is 3.26. The van der Waals surface area contributed by atoms with Crippen LogP contribution in [0, 0.1) is 6.92 Å². The summed E-state index contributed by atoms with van der Waals surface area (Å²) in [5.74, 6) is -0.0742. The van der Waals surface area contributed by atoms with Crippen LogP contribution in [0.2, 0.25) is 5.02 Å². The molecule has 0 spiro atoms. The summed E-state index contributed by atoms with van der Waals surface area (Å²) in [5, 5.41) is 0.435. The Hall–Kier alpha value is -2.05. The highest BCUT2D eigenvalue weighted by atomic mass is 35.5. The fourth-order valence-electron chi connectivity index (χ4n) is 3.71. The molecule has 2 heterocycles. The van der Waals surface area contributed by atoms with Gasteiger partial charge >= 0.3 is 6.03 Å². The minimum Gasteiger partial charge on any atom is -0.288 e. The van der Waals surface area contributed by atoms with Crippen molar-refractivity contribution in [1.82, 2.24) is 0 Å². The van der Waals surface area contributed by atoms with Gasteiger partial charge in [-0.2, -0.15) is 0 Å². The Morgan fingerprint density at radius 3 is 2.36 bits per heavy atom. The van der Waals surface area contributed by atoms with Crippen LogP contribution in [-0.2, 0) is 9.84 Å². The monoisotopic (exact) mass is 376 g/mol. The molecular formula is C18H17ClN2O3S. The summed E-state index contributed by atoms with van der Waals surface area (Å²) < 4.78 is 24.5. The van der Waals surface area contributed by atoms with Gasteiger partial charge in [-0.25, -0.2) is 13.2 Å². The van der Waals surface area contributed by atoms with Gasteiger partial charge in [0.15, 0.2) is 9.84 Å². The Kier molecular flexibility index (Phi) is 3.77. The van der Waals surface area contributed by atoms with E-state index in [1.807, 2.05) is 31.2 Å². The highest BCUT2D eigenvalue weighted by Crippen LogP contribution is 2.40. The second-order valence-corrected chi connectivity index (χ2v) is 9.09. The number of sulfone groups is 1. The van der Waals surface area contributed by atoms with E-state index >= 15 is 0 Å². The molecule has 25 heavy (non-hydrogen) atoms. The molecule has 5 nitrogen and oxygen atoms in total. The lowest BCUT2D eigenvalue weighted by molar-refractivity contribution is 0.255. The normalized spacial score (nSPS) is 24.6. The maximum Gasteiger partial charge on any atom is 0.329 e. The van der Waals surface area contributed by atoms with Gasteiger partial charge < -0.3 is 0 Å². The van der Waals surface area contributed by atoms with Crippen molar-refractivity contribution in [2.24, 2.45) is 0 Å². The number of carbonyl (C=O) groups is 1. The van der Waals surface area contributed by atoms with E-state index in [1.54, 1.807) is 34.1 Å². The molecule has 0 bridgehead atoms. The molecule has 0 aliphatic carbocycles. The van der Waals surface area contributed by atoms with E-state index in [2.05, 4.69) is 0 Å². The summed E-state index contributed by atoms with van der Waals surface area (Å²) in [4.78, 5) is 16.3. The van der Waals surface area contributed by atoms with Crippen molar-refractivity contribution in [2.75, 3.05) is 21.3 Å². The molecule has 2 fully saturated rings. The number of para-hydroxylation sites is 1. The first-order valence-electron chi connectivity index (χ1n) is 8.01. The van der Waals surface area contributed by atoms with E-state index in [1.165, 1.54) is 0 Å². The largest absolute Gasteiger partial charge is 0.329 e. The van der Waals surface area contributed by atoms with Crippen LogP contribution >= 0.6 is 11.6 Å². The highest BCUT2D eigenvalue weighted by Gasteiger charge is 2.54. The van der Waals surface area contributed by atoms with E-state index in [9.17, 15) is 13.2 Å². The summed E-state index contributed by atoms with van der Waals surface area (Å²) >= 11 is 6.29. The van der Waals surface area contributed by atoms with Gasteiger partial charge in [0.2, 0.25) is 0 Å². The van der Waals surface area contributed by atoms with Gasteiger partial charge in [0, 0.05) is 5.69 Å². The molecule has 130 valence electrons. The van der Waals surface area contributed by atoms with Gasteiger partial charge in [0.25, 0.3) is 0 Å². The van der Waals surface area contributed by atoms with E-state index in [0.29, 0.717) is 16.4 Å². The lowest BCUT2D eigenvalue weighted by Crippen LogP contribution is -2.38. The fourth-order valence-corrected chi connectivity index (χ4v) is 5.86. The second-order valence-electron chi connectivity index (χ2n) is 6.52. The van der Waals surface area contributed by atoms with Crippen molar-refractivity contribution in [1.29, 1.82) is 0 Å². The van der Waals surface area contributed by atoms with Crippen LogP contribution in [0.4, 0.5) is 16.2 Å². The zero-order chi connectivity index (χ0) is 17.8.